The molecule has 3 nitrogen and oxygen atoms in total. The van der Waals surface area contributed by atoms with E-state index in [4.69, 9.17) is 34.3 Å². The Bertz CT molecular complexity index is 385. The third kappa shape index (κ3) is 4.89. The fourth-order valence-electron chi connectivity index (χ4n) is 1.38. The number of anilines is 1. The Kier molecular flexibility index (Phi) is 6.26. The number of ether oxygens (including phenoxy) is 1. The van der Waals surface area contributed by atoms with Crippen LogP contribution in [0.5, 0.6) is 0 Å². The van der Waals surface area contributed by atoms with Crippen molar-refractivity contribution in [2.24, 2.45) is 5.73 Å². The van der Waals surface area contributed by atoms with E-state index in [1.54, 1.807) is 0 Å². The average molecular weight is 273 g/mol. The van der Waals surface area contributed by atoms with Crippen molar-refractivity contribution in [1.82, 2.24) is 0 Å². The highest BCUT2D eigenvalue weighted by Crippen LogP contribution is 2.20. The summed E-state index contributed by atoms with van der Waals surface area (Å²) in [5.74, 6) is 0. The van der Waals surface area contributed by atoms with Gasteiger partial charge in [-0.1, -0.05) is 23.8 Å². The molecule has 1 aromatic carbocycles. The van der Waals surface area contributed by atoms with Crippen LogP contribution in [0.3, 0.4) is 0 Å². The highest BCUT2D eigenvalue weighted by Gasteiger charge is 2.03. The van der Waals surface area contributed by atoms with Gasteiger partial charge >= 0.3 is 0 Å². The van der Waals surface area contributed by atoms with Gasteiger partial charge in [-0.25, -0.2) is 0 Å². The largest absolute Gasteiger partial charge is 0.389 e. The number of hydrogen-bond acceptors (Lipinski definition) is 3. The molecule has 5 heteroatoms. The molecule has 0 radical (unpaired) electrons. The Morgan fingerprint density at radius 3 is 2.88 bits per heavy atom. The van der Waals surface area contributed by atoms with Crippen LogP contribution < -0.4 is 11.1 Å². The maximum absolute atomic E-state index is 6.05. The minimum absolute atomic E-state index is 0.317. The van der Waals surface area contributed by atoms with Gasteiger partial charge in [-0.05, 0) is 31.5 Å². The van der Waals surface area contributed by atoms with Crippen LogP contribution in [-0.4, -0.2) is 24.7 Å². The van der Waals surface area contributed by atoms with Crippen molar-refractivity contribution in [3.63, 3.8) is 0 Å². The van der Waals surface area contributed by atoms with Crippen molar-refractivity contribution in [2.45, 2.75) is 13.3 Å². The second-order valence-corrected chi connectivity index (χ2v) is 4.38. The smallest absolute Gasteiger partial charge is 0.105 e. The van der Waals surface area contributed by atoms with Gasteiger partial charge in [0.15, 0.2) is 0 Å². The maximum atomic E-state index is 6.05. The summed E-state index contributed by atoms with van der Waals surface area (Å²) in [4.78, 5) is 0.317. The molecule has 0 bridgehead atoms. The molecule has 94 valence electrons. The Labute approximate surface area is 112 Å². The van der Waals surface area contributed by atoms with Gasteiger partial charge in [0.2, 0.25) is 0 Å². The molecule has 0 fully saturated rings. The number of halogens is 1. The lowest BCUT2D eigenvalue weighted by molar-refractivity contribution is 0.147. The zero-order valence-corrected chi connectivity index (χ0v) is 11.4. The molecule has 17 heavy (non-hydrogen) atoms. The molecule has 0 unspecified atom stereocenters. The quantitative estimate of drug-likeness (QED) is 0.592. The average Bonchev–Trinajstić information content (AvgIpc) is 2.28. The summed E-state index contributed by atoms with van der Waals surface area (Å²) in [5, 5.41) is 3.84. The summed E-state index contributed by atoms with van der Waals surface area (Å²) in [6.45, 7) is 4.36. The van der Waals surface area contributed by atoms with Gasteiger partial charge in [0, 0.05) is 31.0 Å². The topological polar surface area (TPSA) is 47.3 Å². The van der Waals surface area contributed by atoms with Crippen LogP contribution in [0, 0.1) is 0 Å². The van der Waals surface area contributed by atoms with E-state index in [0.717, 1.165) is 31.9 Å². The molecule has 1 rings (SSSR count). The van der Waals surface area contributed by atoms with Crippen molar-refractivity contribution in [3.8, 4) is 0 Å². The van der Waals surface area contributed by atoms with Gasteiger partial charge in [0.05, 0.1) is 5.02 Å². The molecule has 0 atom stereocenters. The van der Waals surface area contributed by atoms with Crippen LogP contribution in [0.15, 0.2) is 18.2 Å². The summed E-state index contributed by atoms with van der Waals surface area (Å²) >= 11 is 10.9. The van der Waals surface area contributed by atoms with Gasteiger partial charge < -0.3 is 15.8 Å². The molecule has 0 spiro atoms. The predicted molar refractivity (Wildman–Crippen MR) is 76.9 cm³/mol. The number of hydrogen-bond donors (Lipinski definition) is 2. The Morgan fingerprint density at radius 1 is 1.53 bits per heavy atom. The number of benzene rings is 1. The zero-order chi connectivity index (χ0) is 12.7. The molecule has 0 amide bonds. The first kappa shape index (κ1) is 14.2. The lowest BCUT2D eigenvalue weighted by atomic mass is 10.2. The molecule has 0 saturated carbocycles. The molecular formula is C12H17ClN2OS. The number of nitrogens with two attached hydrogens (primary N) is 1. The normalized spacial score (nSPS) is 10.2. The SMILES string of the molecule is CCOCCCNc1ccc(C(N)=S)c(Cl)c1. The van der Waals surface area contributed by atoms with E-state index in [0.29, 0.717) is 15.6 Å². The molecule has 1 aromatic rings. The predicted octanol–water partition coefficient (Wildman–Crippen LogP) is 2.81. The van der Waals surface area contributed by atoms with E-state index in [-0.39, 0.29) is 0 Å². The van der Waals surface area contributed by atoms with Crippen LogP contribution >= 0.6 is 23.8 Å². The Balaban J connectivity index is 2.45. The Morgan fingerprint density at radius 2 is 2.29 bits per heavy atom. The Hall–Kier alpha value is -0.840. The summed E-state index contributed by atoms with van der Waals surface area (Å²) in [7, 11) is 0. The fraction of sp³-hybridized carbons (Fsp3) is 0.417. The van der Waals surface area contributed by atoms with Crippen molar-refractivity contribution in [1.29, 1.82) is 0 Å². The van der Waals surface area contributed by atoms with E-state index >= 15 is 0 Å². The van der Waals surface area contributed by atoms with E-state index in [1.165, 1.54) is 0 Å². The third-order valence-corrected chi connectivity index (χ3v) is 2.77. The van der Waals surface area contributed by atoms with Crippen LogP contribution in [0.1, 0.15) is 18.9 Å². The number of thiocarbonyl (C=S) groups is 1. The minimum Gasteiger partial charge on any atom is -0.389 e. The number of rotatable bonds is 7. The second kappa shape index (κ2) is 7.48. The van der Waals surface area contributed by atoms with Crippen molar-refractivity contribution < 1.29 is 4.74 Å². The van der Waals surface area contributed by atoms with Crippen LogP contribution in [0.25, 0.3) is 0 Å². The maximum Gasteiger partial charge on any atom is 0.105 e. The summed E-state index contributed by atoms with van der Waals surface area (Å²) in [6, 6.07) is 5.58. The first-order valence-electron chi connectivity index (χ1n) is 5.56. The van der Waals surface area contributed by atoms with Crippen molar-refractivity contribution in [3.05, 3.63) is 28.8 Å². The summed E-state index contributed by atoms with van der Waals surface area (Å²) in [6.07, 6.45) is 0.961. The van der Waals surface area contributed by atoms with Crippen LogP contribution in [-0.2, 0) is 4.74 Å². The molecule has 0 heterocycles. The van der Waals surface area contributed by atoms with Gasteiger partial charge in [0.25, 0.3) is 0 Å². The highest BCUT2D eigenvalue weighted by molar-refractivity contribution is 7.80. The first-order chi connectivity index (χ1) is 8.15. The lowest BCUT2D eigenvalue weighted by Crippen LogP contribution is -2.10. The molecule has 3 N–H and O–H groups in total. The van der Waals surface area contributed by atoms with Crippen LogP contribution in [0.4, 0.5) is 5.69 Å². The lowest BCUT2D eigenvalue weighted by Gasteiger charge is -2.08. The summed E-state index contributed by atoms with van der Waals surface area (Å²) < 4.78 is 5.25. The number of nitrogens with one attached hydrogen (secondary N) is 1. The highest BCUT2D eigenvalue weighted by atomic mass is 35.5. The summed E-state index contributed by atoms with van der Waals surface area (Å²) in [5.41, 5.74) is 7.20. The molecule has 0 aromatic heterocycles. The fourth-order valence-corrected chi connectivity index (χ4v) is 1.89. The van der Waals surface area contributed by atoms with Gasteiger partial charge in [-0.3, -0.25) is 0 Å². The molecule has 0 saturated heterocycles. The molecule has 0 aliphatic heterocycles. The van der Waals surface area contributed by atoms with E-state index in [9.17, 15) is 0 Å². The molecule has 0 aliphatic rings. The third-order valence-electron chi connectivity index (χ3n) is 2.23. The van der Waals surface area contributed by atoms with E-state index < -0.39 is 0 Å². The van der Waals surface area contributed by atoms with Gasteiger partial charge in [-0.2, -0.15) is 0 Å². The second-order valence-electron chi connectivity index (χ2n) is 3.54. The monoisotopic (exact) mass is 272 g/mol. The standard InChI is InChI=1S/C12H17ClN2OS/c1-2-16-7-3-6-15-9-4-5-10(12(14)17)11(13)8-9/h4-5,8,15H,2-3,6-7H2,1H3,(H2,14,17). The van der Waals surface area contributed by atoms with Crippen LogP contribution in [0.2, 0.25) is 5.02 Å². The van der Waals surface area contributed by atoms with Gasteiger partial charge in [-0.15, -0.1) is 0 Å². The van der Waals surface area contributed by atoms with E-state index in [1.807, 2.05) is 25.1 Å². The van der Waals surface area contributed by atoms with E-state index in [2.05, 4.69) is 5.32 Å². The van der Waals surface area contributed by atoms with Gasteiger partial charge in [0.1, 0.15) is 4.99 Å². The van der Waals surface area contributed by atoms with Crippen molar-refractivity contribution >= 4 is 34.5 Å². The minimum atomic E-state index is 0.317. The van der Waals surface area contributed by atoms with Crippen molar-refractivity contribution in [2.75, 3.05) is 25.1 Å². The first-order valence-corrected chi connectivity index (χ1v) is 6.34. The molecular weight excluding hydrogens is 256 g/mol. The zero-order valence-electron chi connectivity index (χ0n) is 9.83. The molecule has 0 aliphatic carbocycles.